The van der Waals surface area contributed by atoms with Crippen LogP contribution in [0.15, 0.2) is 18.2 Å². The van der Waals surface area contributed by atoms with Crippen LogP contribution in [0.2, 0.25) is 0 Å². The molecule has 0 saturated heterocycles. The molecule has 0 unspecified atom stereocenters. The van der Waals surface area contributed by atoms with Crippen LogP contribution in [0.1, 0.15) is 10.4 Å². The van der Waals surface area contributed by atoms with Gasteiger partial charge in [-0.1, -0.05) is 0 Å². The highest BCUT2D eigenvalue weighted by Crippen LogP contribution is 2.10. The number of Topliss-reactive ketones (excluding diaryl/α,β-unsaturated/α-hetero) is 1. The Morgan fingerprint density at radius 3 is 2.53 bits per heavy atom. The molecule has 1 aromatic rings. The van der Waals surface area contributed by atoms with Gasteiger partial charge in [0.1, 0.15) is 11.6 Å². The predicted octanol–water partition coefficient (Wildman–Crippen LogP) is 1.16. The van der Waals surface area contributed by atoms with E-state index in [1.54, 1.807) is 0 Å². The Morgan fingerprint density at radius 1 is 1.29 bits per heavy atom. The van der Waals surface area contributed by atoms with Crippen molar-refractivity contribution in [2.75, 3.05) is 20.1 Å². The second-order valence-corrected chi connectivity index (χ2v) is 3.61. The van der Waals surface area contributed by atoms with Crippen molar-refractivity contribution in [2.45, 2.75) is 0 Å². The average Bonchev–Trinajstić information content (AvgIpc) is 2.20. The number of carboxylic acids is 1. The van der Waals surface area contributed by atoms with Gasteiger partial charge < -0.3 is 5.11 Å². The highest BCUT2D eigenvalue weighted by atomic mass is 19.1. The fourth-order valence-electron chi connectivity index (χ4n) is 1.33. The summed E-state index contributed by atoms with van der Waals surface area (Å²) in [5, 5.41) is 8.48. The third-order valence-electron chi connectivity index (χ3n) is 2.05. The predicted molar refractivity (Wildman–Crippen MR) is 55.8 cm³/mol. The zero-order valence-electron chi connectivity index (χ0n) is 9.11. The molecule has 4 nitrogen and oxygen atoms in total. The first-order valence-corrected chi connectivity index (χ1v) is 4.78. The molecule has 0 aliphatic carbocycles. The molecule has 1 N–H and O–H groups in total. The molecule has 6 heteroatoms. The molecular formula is C11H11F2NO3. The number of hydrogen-bond acceptors (Lipinski definition) is 3. The van der Waals surface area contributed by atoms with Crippen LogP contribution < -0.4 is 0 Å². The van der Waals surface area contributed by atoms with Gasteiger partial charge in [0.15, 0.2) is 5.78 Å². The minimum atomic E-state index is -1.10. The SMILES string of the molecule is CN(CC(=O)O)CC(=O)c1cc(F)ccc1F. The van der Waals surface area contributed by atoms with Crippen LogP contribution in [0, 0.1) is 11.6 Å². The van der Waals surface area contributed by atoms with Crippen LogP contribution in [0.4, 0.5) is 8.78 Å². The Kier molecular flexibility index (Phi) is 4.28. The maximum absolute atomic E-state index is 13.2. The number of hydrogen-bond donors (Lipinski definition) is 1. The monoisotopic (exact) mass is 243 g/mol. The first kappa shape index (κ1) is 13.2. The Hall–Kier alpha value is -1.82. The number of carboxylic acid groups (broad SMARTS) is 1. The number of aliphatic carboxylic acids is 1. The lowest BCUT2D eigenvalue weighted by Crippen LogP contribution is -2.31. The largest absolute Gasteiger partial charge is 0.480 e. The van der Waals surface area contributed by atoms with E-state index in [0.29, 0.717) is 0 Å². The summed E-state index contributed by atoms with van der Waals surface area (Å²) >= 11 is 0. The topological polar surface area (TPSA) is 57.6 Å². The molecule has 1 aromatic carbocycles. The molecule has 0 fully saturated rings. The number of likely N-dealkylation sites (N-methyl/N-ethyl adjacent to an activating group) is 1. The van der Waals surface area contributed by atoms with Crippen molar-refractivity contribution in [3.05, 3.63) is 35.4 Å². The van der Waals surface area contributed by atoms with Crippen LogP contribution in [-0.4, -0.2) is 41.9 Å². The van der Waals surface area contributed by atoms with E-state index in [1.165, 1.54) is 11.9 Å². The van der Waals surface area contributed by atoms with Crippen molar-refractivity contribution in [3.63, 3.8) is 0 Å². The molecule has 0 atom stereocenters. The average molecular weight is 243 g/mol. The quantitative estimate of drug-likeness (QED) is 0.788. The molecule has 0 heterocycles. The fraction of sp³-hybridized carbons (Fsp3) is 0.273. The minimum Gasteiger partial charge on any atom is -0.480 e. The lowest BCUT2D eigenvalue weighted by atomic mass is 10.1. The van der Waals surface area contributed by atoms with Crippen LogP contribution in [0.5, 0.6) is 0 Å². The number of halogens is 2. The van der Waals surface area contributed by atoms with Gasteiger partial charge in [-0.05, 0) is 25.2 Å². The van der Waals surface area contributed by atoms with E-state index in [4.69, 9.17) is 5.11 Å². The summed E-state index contributed by atoms with van der Waals surface area (Å²) < 4.78 is 26.0. The molecule has 0 spiro atoms. The maximum Gasteiger partial charge on any atom is 0.317 e. The normalized spacial score (nSPS) is 10.6. The second kappa shape index (κ2) is 5.49. The standard InChI is InChI=1S/C11H11F2NO3/c1-14(6-11(16)17)5-10(15)8-4-7(12)2-3-9(8)13/h2-4H,5-6H2,1H3,(H,16,17). The number of carbonyl (C=O) groups is 2. The third-order valence-corrected chi connectivity index (χ3v) is 2.05. The molecule has 0 aromatic heterocycles. The number of rotatable bonds is 5. The van der Waals surface area contributed by atoms with Crippen molar-refractivity contribution < 1.29 is 23.5 Å². The lowest BCUT2D eigenvalue weighted by molar-refractivity contribution is -0.137. The van der Waals surface area contributed by atoms with E-state index in [2.05, 4.69) is 0 Å². The Balaban J connectivity index is 2.76. The van der Waals surface area contributed by atoms with E-state index < -0.39 is 23.4 Å². The molecule has 1 rings (SSSR count). The summed E-state index contributed by atoms with van der Waals surface area (Å²) in [5.74, 6) is -3.29. The number of nitrogens with zero attached hydrogens (tertiary/aromatic N) is 1. The highest BCUT2D eigenvalue weighted by Gasteiger charge is 2.15. The van der Waals surface area contributed by atoms with E-state index in [0.717, 1.165) is 18.2 Å². The van der Waals surface area contributed by atoms with E-state index in [9.17, 15) is 18.4 Å². The summed E-state index contributed by atoms with van der Waals surface area (Å²) in [5.41, 5.74) is -0.373. The number of benzene rings is 1. The van der Waals surface area contributed by atoms with E-state index in [-0.39, 0.29) is 18.7 Å². The van der Waals surface area contributed by atoms with Crippen molar-refractivity contribution >= 4 is 11.8 Å². The molecule has 0 aliphatic heterocycles. The van der Waals surface area contributed by atoms with Gasteiger partial charge in [-0.2, -0.15) is 0 Å². The molecular weight excluding hydrogens is 232 g/mol. The Labute approximate surface area is 96.5 Å². The molecule has 0 saturated carbocycles. The minimum absolute atomic E-state index is 0.285. The van der Waals surface area contributed by atoms with Crippen LogP contribution in [0.3, 0.4) is 0 Å². The Bertz CT molecular complexity index is 448. The van der Waals surface area contributed by atoms with Gasteiger partial charge in [0.05, 0.1) is 18.7 Å². The maximum atomic E-state index is 13.2. The molecule has 92 valence electrons. The van der Waals surface area contributed by atoms with E-state index in [1.807, 2.05) is 0 Å². The fourth-order valence-corrected chi connectivity index (χ4v) is 1.33. The van der Waals surface area contributed by atoms with Crippen LogP contribution >= 0.6 is 0 Å². The Morgan fingerprint density at radius 2 is 1.94 bits per heavy atom. The number of ketones is 1. The summed E-state index contributed by atoms with van der Waals surface area (Å²) in [6.45, 7) is -0.630. The smallest absolute Gasteiger partial charge is 0.317 e. The summed E-state index contributed by atoms with van der Waals surface area (Å²) in [7, 11) is 1.41. The van der Waals surface area contributed by atoms with Gasteiger partial charge in [-0.25, -0.2) is 8.78 Å². The summed E-state index contributed by atoms with van der Waals surface area (Å²) in [6.07, 6.45) is 0. The van der Waals surface area contributed by atoms with E-state index >= 15 is 0 Å². The van der Waals surface area contributed by atoms with Gasteiger partial charge in [-0.15, -0.1) is 0 Å². The molecule has 0 aliphatic rings. The molecule has 0 radical (unpaired) electrons. The third kappa shape index (κ3) is 3.92. The highest BCUT2D eigenvalue weighted by molar-refractivity contribution is 5.98. The molecule has 0 amide bonds. The van der Waals surface area contributed by atoms with Crippen molar-refractivity contribution in [1.29, 1.82) is 0 Å². The first-order chi connectivity index (χ1) is 7.90. The van der Waals surface area contributed by atoms with Gasteiger partial charge in [0.25, 0.3) is 0 Å². The number of carbonyl (C=O) groups excluding carboxylic acids is 1. The second-order valence-electron chi connectivity index (χ2n) is 3.61. The van der Waals surface area contributed by atoms with Gasteiger partial charge in [0.2, 0.25) is 0 Å². The van der Waals surface area contributed by atoms with Crippen molar-refractivity contribution in [2.24, 2.45) is 0 Å². The van der Waals surface area contributed by atoms with Crippen LogP contribution in [0.25, 0.3) is 0 Å². The lowest BCUT2D eigenvalue weighted by Gasteiger charge is -2.12. The van der Waals surface area contributed by atoms with Crippen molar-refractivity contribution in [1.82, 2.24) is 4.90 Å². The zero-order valence-corrected chi connectivity index (χ0v) is 9.11. The van der Waals surface area contributed by atoms with Gasteiger partial charge in [0, 0.05) is 0 Å². The summed E-state index contributed by atoms with van der Waals surface area (Å²) in [6, 6.07) is 2.57. The zero-order chi connectivity index (χ0) is 13.0. The molecule has 17 heavy (non-hydrogen) atoms. The molecule has 0 bridgehead atoms. The summed E-state index contributed by atoms with van der Waals surface area (Å²) in [4.78, 5) is 23.1. The van der Waals surface area contributed by atoms with Gasteiger partial charge in [-0.3, -0.25) is 14.5 Å². The first-order valence-electron chi connectivity index (χ1n) is 4.78. The van der Waals surface area contributed by atoms with Crippen molar-refractivity contribution in [3.8, 4) is 0 Å². The van der Waals surface area contributed by atoms with Gasteiger partial charge >= 0.3 is 5.97 Å². The van der Waals surface area contributed by atoms with Crippen LogP contribution in [-0.2, 0) is 4.79 Å².